The minimum absolute atomic E-state index is 0.0652. The molecule has 1 aromatic rings. The van der Waals surface area contributed by atoms with Gasteiger partial charge in [-0.1, -0.05) is 44.2 Å². The summed E-state index contributed by atoms with van der Waals surface area (Å²) in [4.78, 5) is 48.5. The lowest BCUT2D eigenvalue weighted by Gasteiger charge is -2.21. The van der Waals surface area contributed by atoms with Crippen molar-refractivity contribution >= 4 is 35.3 Å². The van der Waals surface area contributed by atoms with Crippen molar-refractivity contribution in [3.63, 3.8) is 0 Å². The molecule has 7 nitrogen and oxygen atoms in total. The molecule has 0 heterocycles. The molecule has 0 spiro atoms. The number of carbonyl (C=O) groups excluding carboxylic acids is 4. The molecule has 0 fully saturated rings. The lowest BCUT2D eigenvalue weighted by Crippen LogP contribution is -2.51. The van der Waals surface area contributed by atoms with Crippen LogP contribution in [0.2, 0.25) is 0 Å². The third-order valence-corrected chi connectivity index (χ3v) is 4.90. The molecule has 3 amide bonds. The maximum Gasteiger partial charge on any atom is 0.243 e. The molecule has 160 valence electrons. The van der Waals surface area contributed by atoms with Gasteiger partial charge >= 0.3 is 0 Å². The largest absolute Gasteiger partial charge is 0.345 e. The smallest absolute Gasteiger partial charge is 0.243 e. The van der Waals surface area contributed by atoms with Crippen molar-refractivity contribution in [2.45, 2.75) is 45.7 Å². The van der Waals surface area contributed by atoms with E-state index in [4.69, 9.17) is 0 Å². The van der Waals surface area contributed by atoms with Crippen LogP contribution in [-0.4, -0.2) is 54.1 Å². The van der Waals surface area contributed by atoms with Crippen LogP contribution in [0.5, 0.6) is 0 Å². The van der Waals surface area contributed by atoms with Gasteiger partial charge in [-0.05, 0) is 30.4 Å². The first-order chi connectivity index (χ1) is 13.7. The molecule has 1 aromatic carbocycles. The molecular weight excluding hydrogens is 390 g/mol. The number of amides is 3. The van der Waals surface area contributed by atoms with Crippen molar-refractivity contribution in [2.75, 3.05) is 18.6 Å². The van der Waals surface area contributed by atoms with E-state index in [1.807, 2.05) is 36.6 Å². The lowest BCUT2D eigenvalue weighted by atomic mass is 9.95. The minimum Gasteiger partial charge on any atom is -0.345 e. The molecule has 3 N–H and O–H groups in total. The first-order valence-electron chi connectivity index (χ1n) is 9.65. The van der Waals surface area contributed by atoms with Gasteiger partial charge in [0, 0.05) is 12.8 Å². The number of Topliss-reactive ketones (excluding diaryl/α,β-unsaturated/α-hetero) is 1. The summed E-state index contributed by atoms with van der Waals surface area (Å²) in [7, 11) is 0. The Hall–Kier alpha value is -2.35. The Balaban J connectivity index is 2.68. The Morgan fingerprint density at radius 3 is 2.21 bits per heavy atom. The molecule has 2 unspecified atom stereocenters. The van der Waals surface area contributed by atoms with E-state index in [-0.39, 0.29) is 24.2 Å². The Bertz CT molecular complexity index is 694. The molecule has 0 aliphatic heterocycles. The van der Waals surface area contributed by atoms with Gasteiger partial charge in [-0.3, -0.25) is 19.2 Å². The summed E-state index contributed by atoms with van der Waals surface area (Å²) >= 11 is 1.57. The standard InChI is InChI=1S/C21H31N3O4S/c1-14(2)20(27)18(12-16-8-6-5-7-9-16)24-19(26)13-22-21(28)17(10-11-29-4)23-15(3)25/h5-9,14,17-18H,10-13H2,1-4H3,(H,22,28)(H,23,25)(H,24,26). The number of hydrogen-bond acceptors (Lipinski definition) is 5. The van der Waals surface area contributed by atoms with E-state index in [1.165, 1.54) is 6.92 Å². The number of carbonyl (C=O) groups is 4. The number of ketones is 1. The maximum atomic E-state index is 12.5. The number of nitrogens with one attached hydrogen (secondary N) is 3. The highest BCUT2D eigenvalue weighted by Gasteiger charge is 2.24. The fourth-order valence-electron chi connectivity index (χ4n) is 2.76. The van der Waals surface area contributed by atoms with E-state index in [0.29, 0.717) is 18.6 Å². The lowest BCUT2D eigenvalue weighted by molar-refractivity contribution is -0.131. The van der Waals surface area contributed by atoms with Crippen molar-refractivity contribution in [1.29, 1.82) is 0 Å². The highest BCUT2D eigenvalue weighted by Crippen LogP contribution is 2.08. The first kappa shape index (κ1) is 24.7. The molecule has 0 saturated heterocycles. The quantitative estimate of drug-likeness (QED) is 0.472. The van der Waals surface area contributed by atoms with Crippen LogP contribution in [0, 0.1) is 5.92 Å². The predicted octanol–water partition coefficient (Wildman–Crippen LogP) is 1.31. The molecule has 0 radical (unpaired) electrons. The number of rotatable bonds is 12. The van der Waals surface area contributed by atoms with Crippen LogP contribution in [0.4, 0.5) is 0 Å². The Kier molecular flexibility index (Phi) is 11.1. The van der Waals surface area contributed by atoms with Gasteiger partial charge in [0.25, 0.3) is 0 Å². The van der Waals surface area contributed by atoms with Gasteiger partial charge in [0.1, 0.15) is 6.04 Å². The topological polar surface area (TPSA) is 104 Å². The normalized spacial score (nSPS) is 12.7. The first-order valence-corrected chi connectivity index (χ1v) is 11.0. The predicted molar refractivity (Wildman–Crippen MR) is 116 cm³/mol. The molecule has 1 rings (SSSR count). The summed E-state index contributed by atoms with van der Waals surface area (Å²) in [6, 6.07) is 8.10. The van der Waals surface area contributed by atoms with Crippen LogP contribution in [-0.2, 0) is 25.6 Å². The maximum absolute atomic E-state index is 12.5. The van der Waals surface area contributed by atoms with Crippen LogP contribution in [0.3, 0.4) is 0 Å². The van der Waals surface area contributed by atoms with Gasteiger partial charge in [0.15, 0.2) is 5.78 Å². The summed E-state index contributed by atoms with van der Waals surface area (Å²) < 4.78 is 0. The second-order valence-electron chi connectivity index (χ2n) is 7.12. The third-order valence-electron chi connectivity index (χ3n) is 4.26. The van der Waals surface area contributed by atoms with Gasteiger partial charge in [-0.2, -0.15) is 11.8 Å². The van der Waals surface area contributed by atoms with E-state index in [9.17, 15) is 19.2 Å². The van der Waals surface area contributed by atoms with Crippen molar-refractivity contribution in [3.8, 4) is 0 Å². The van der Waals surface area contributed by atoms with E-state index in [1.54, 1.807) is 25.6 Å². The number of thioether (sulfide) groups is 1. The van der Waals surface area contributed by atoms with Crippen molar-refractivity contribution < 1.29 is 19.2 Å². The van der Waals surface area contributed by atoms with Crippen LogP contribution < -0.4 is 16.0 Å². The second kappa shape index (κ2) is 13.0. The van der Waals surface area contributed by atoms with Gasteiger partial charge < -0.3 is 16.0 Å². The van der Waals surface area contributed by atoms with Gasteiger partial charge in [-0.25, -0.2) is 0 Å². The minimum atomic E-state index is -0.690. The Morgan fingerprint density at radius 2 is 1.66 bits per heavy atom. The molecule has 0 aliphatic rings. The SMILES string of the molecule is CSCCC(NC(C)=O)C(=O)NCC(=O)NC(Cc1ccccc1)C(=O)C(C)C. The van der Waals surface area contributed by atoms with Crippen molar-refractivity contribution in [1.82, 2.24) is 16.0 Å². The van der Waals surface area contributed by atoms with E-state index in [0.717, 1.165) is 5.56 Å². The fourth-order valence-corrected chi connectivity index (χ4v) is 3.23. The molecular formula is C21H31N3O4S. The molecule has 2 atom stereocenters. The zero-order valence-corrected chi connectivity index (χ0v) is 18.3. The number of benzene rings is 1. The van der Waals surface area contributed by atoms with Gasteiger partial charge in [-0.15, -0.1) is 0 Å². The zero-order chi connectivity index (χ0) is 21.8. The van der Waals surface area contributed by atoms with Crippen LogP contribution in [0.1, 0.15) is 32.8 Å². The average molecular weight is 422 g/mol. The molecule has 0 saturated carbocycles. The molecule has 8 heteroatoms. The van der Waals surface area contributed by atoms with Crippen molar-refractivity contribution in [3.05, 3.63) is 35.9 Å². The summed E-state index contributed by atoms with van der Waals surface area (Å²) in [5.41, 5.74) is 0.943. The summed E-state index contributed by atoms with van der Waals surface area (Å²) in [6.45, 7) is 4.67. The van der Waals surface area contributed by atoms with Crippen LogP contribution >= 0.6 is 11.8 Å². The monoisotopic (exact) mass is 421 g/mol. The molecule has 0 bridgehead atoms. The molecule has 29 heavy (non-hydrogen) atoms. The van der Waals surface area contributed by atoms with Crippen molar-refractivity contribution in [2.24, 2.45) is 5.92 Å². The van der Waals surface area contributed by atoms with Gasteiger partial charge in [0.2, 0.25) is 17.7 Å². The van der Waals surface area contributed by atoms with Crippen LogP contribution in [0.15, 0.2) is 30.3 Å². The summed E-state index contributed by atoms with van der Waals surface area (Å²) in [6.07, 6.45) is 2.77. The molecule has 0 aromatic heterocycles. The molecule has 0 aliphatic carbocycles. The highest BCUT2D eigenvalue weighted by atomic mass is 32.2. The van der Waals surface area contributed by atoms with E-state index < -0.39 is 23.9 Å². The summed E-state index contributed by atoms with van der Waals surface area (Å²) in [5.74, 6) is -0.758. The highest BCUT2D eigenvalue weighted by molar-refractivity contribution is 7.98. The second-order valence-corrected chi connectivity index (χ2v) is 8.10. The summed E-state index contributed by atoms with van der Waals surface area (Å²) in [5, 5.41) is 7.87. The van der Waals surface area contributed by atoms with Crippen LogP contribution in [0.25, 0.3) is 0 Å². The average Bonchev–Trinajstić information content (AvgIpc) is 2.68. The fraction of sp³-hybridized carbons (Fsp3) is 0.524. The van der Waals surface area contributed by atoms with E-state index in [2.05, 4.69) is 16.0 Å². The van der Waals surface area contributed by atoms with Gasteiger partial charge in [0.05, 0.1) is 12.6 Å². The Labute approximate surface area is 176 Å². The van der Waals surface area contributed by atoms with E-state index >= 15 is 0 Å². The zero-order valence-electron chi connectivity index (χ0n) is 17.5. The number of hydrogen-bond donors (Lipinski definition) is 3. The Morgan fingerprint density at radius 1 is 1.00 bits per heavy atom. The third kappa shape index (κ3) is 9.60.